The molecule has 0 saturated carbocycles. The maximum absolute atomic E-state index is 5.66. The van der Waals surface area contributed by atoms with Gasteiger partial charge in [-0.05, 0) is 19.3 Å². The first-order chi connectivity index (χ1) is 9.04. The van der Waals surface area contributed by atoms with Crippen molar-refractivity contribution in [3.8, 4) is 0 Å². The van der Waals surface area contributed by atoms with Crippen molar-refractivity contribution in [2.24, 2.45) is 5.92 Å². The number of nitrogens with one attached hydrogen (secondary N) is 1. The van der Waals surface area contributed by atoms with Crippen molar-refractivity contribution in [1.82, 2.24) is 10.2 Å². The molecule has 3 heteroatoms. The Morgan fingerprint density at radius 1 is 1.47 bits per heavy atom. The fraction of sp³-hybridized carbons (Fsp3) is 0.875. The molecule has 1 aliphatic heterocycles. The largest absolute Gasteiger partial charge is 0.376 e. The molecular weight excluding hydrogens is 236 g/mol. The molecule has 1 rings (SSSR count). The summed E-state index contributed by atoms with van der Waals surface area (Å²) >= 11 is 0. The monoisotopic (exact) mass is 268 g/mol. The van der Waals surface area contributed by atoms with Crippen LogP contribution in [0.15, 0.2) is 12.2 Å². The van der Waals surface area contributed by atoms with Crippen LogP contribution in [-0.4, -0.2) is 49.8 Å². The molecule has 1 saturated heterocycles. The molecule has 1 fully saturated rings. The molecule has 3 nitrogen and oxygen atoms in total. The van der Waals surface area contributed by atoms with E-state index in [9.17, 15) is 0 Å². The fourth-order valence-electron chi connectivity index (χ4n) is 2.78. The number of ether oxygens (including phenoxy) is 1. The van der Waals surface area contributed by atoms with Crippen LogP contribution in [0.1, 0.15) is 40.5 Å². The summed E-state index contributed by atoms with van der Waals surface area (Å²) in [6.45, 7) is 17.6. The third-order valence-corrected chi connectivity index (χ3v) is 3.82. The van der Waals surface area contributed by atoms with E-state index >= 15 is 0 Å². The standard InChI is InChI=1S/C16H32N2O/c1-6-7-15-11-18(8-9-19-12-13(2)3)16(10-17-15)14(4)5/h14-17H,2,6-12H2,1,3-5H3. The molecule has 19 heavy (non-hydrogen) atoms. The van der Waals surface area contributed by atoms with Crippen LogP contribution in [0.2, 0.25) is 0 Å². The molecule has 112 valence electrons. The SMILES string of the molecule is C=C(C)COCCN1CC(CCC)NCC1C(C)C. The maximum Gasteiger partial charge on any atom is 0.0672 e. The molecule has 0 aromatic rings. The first kappa shape index (κ1) is 16.7. The van der Waals surface area contributed by atoms with Gasteiger partial charge in [-0.1, -0.05) is 39.3 Å². The van der Waals surface area contributed by atoms with Gasteiger partial charge in [0.1, 0.15) is 0 Å². The third kappa shape index (κ3) is 6.07. The lowest BCUT2D eigenvalue weighted by Crippen LogP contribution is -2.58. The minimum absolute atomic E-state index is 0.640. The van der Waals surface area contributed by atoms with E-state index < -0.39 is 0 Å². The Bertz CT molecular complexity index is 265. The number of hydrogen-bond donors (Lipinski definition) is 1. The van der Waals surface area contributed by atoms with E-state index in [1.165, 1.54) is 12.8 Å². The summed E-state index contributed by atoms with van der Waals surface area (Å²) in [6, 6.07) is 1.29. The zero-order chi connectivity index (χ0) is 14.3. The molecule has 0 aromatic heterocycles. The summed E-state index contributed by atoms with van der Waals surface area (Å²) in [7, 11) is 0. The summed E-state index contributed by atoms with van der Waals surface area (Å²) in [6.07, 6.45) is 2.53. The van der Waals surface area contributed by atoms with Crippen LogP contribution < -0.4 is 5.32 Å². The topological polar surface area (TPSA) is 24.5 Å². The fourth-order valence-corrected chi connectivity index (χ4v) is 2.78. The van der Waals surface area contributed by atoms with Crippen LogP contribution >= 0.6 is 0 Å². The summed E-state index contributed by atoms with van der Waals surface area (Å²) in [4.78, 5) is 2.61. The van der Waals surface area contributed by atoms with E-state index in [-0.39, 0.29) is 0 Å². The normalized spacial score (nSPS) is 24.9. The quantitative estimate of drug-likeness (QED) is 0.541. The molecule has 2 atom stereocenters. The van der Waals surface area contributed by atoms with Gasteiger partial charge in [0.25, 0.3) is 0 Å². The van der Waals surface area contributed by atoms with Gasteiger partial charge in [0.05, 0.1) is 13.2 Å². The van der Waals surface area contributed by atoms with Gasteiger partial charge in [-0.15, -0.1) is 0 Å². The van der Waals surface area contributed by atoms with Crippen molar-refractivity contribution in [2.75, 3.05) is 32.8 Å². The lowest BCUT2D eigenvalue weighted by atomic mass is 9.97. The second-order valence-corrected chi connectivity index (χ2v) is 6.21. The highest BCUT2D eigenvalue weighted by Gasteiger charge is 2.28. The van der Waals surface area contributed by atoms with Gasteiger partial charge in [-0.3, -0.25) is 4.90 Å². The van der Waals surface area contributed by atoms with E-state index in [2.05, 4.69) is 37.6 Å². The molecule has 0 amide bonds. The predicted octanol–water partition coefficient (Wildman–Crippen LogP) is 2.68. The van der Waals surface area contributed by atoms with Crippen molar-refractivity contribution >= 4 is 0 Å². The first-order valence-electron chi connectivity index (χ1n) is 7.74. The molecule has 2 unspecified atom stereocenters. The zero-order valence-electron chi connectivity index (χ0n) is 13.2. The van der Waals surface area contributed by atoms with Crippen molar-refractivity contribution in [3.05, 3.63) is 12.2 Å². The number of nitrogens with zero attached hydrogens (tertiary/aromatic N) is 1. The molecule has 0 bridgehead atoms. The molecular formula is C16H32N2O. The minimum atomic E-state index is 0.640. The molecule has 1 aliphatic rings. The number of hydrogen-bond acceptors (Lipinski definition) is 3. The van der Waals surface area contributed by atoms with Gasteiger partial charge in [-0.2, -0.15) is 0 Å². The first-order valence-corrected chi connectivity index (χ1v) is 7.74. The van der Waals surface area contributed by atoms with Gasteiger partial charge in [-0.25, -0.2) is 0 Å². The molecule has 0 spiro atoms. The lowest BCUT2D eigenvalue weighted by molar-refractivity contribution is 0.0551. The van der Waals surface area contributed by atoms with Gasteiger partial charge in [0.2, 0.25) is 0 Å². The Balaban J connectivity index is 2.40. The van der Waals surface area contributed by atoms with Gasteiger partial charge in [0, 0.05) is 31.7 Å². The predicted molar refractivity (Wildman–Crippen MR) is 82.5 cm³/mol. The minimum Gasteiger partial charge on any atom is -0.376 e. The van der Waals surface area contributed by atoms with Crippen LogP contribution in [0.3, 0.4) is 0 Å². The van der Waals surface area contributed by atoms with E-state index in [4.69, 9.17) is 4.74 Å². The highest BCUT2D eigenvalue weighted by Crippen LogP contribution is 2.16. The van der Waals surface area contributed by atoms with Gasteiger partial charge < -0.3 is 10.1 Å². The summed E-state index contributed by atoms with van der Waals surface area (Å²) in [5.74, 6) is 0.691. The molecule has 0 radical (unpaired) electrons. The van der Waals surface area contributed by atoms with Crippen LogP contribution in [0.5, 0.6) is 0 Å². The summed E-state index contributed by atoms with van der Waals surface area (Å²) in [5, 5.41) is 3.69. The highest BCUT2D eigenvalue weighted by molar-refractivity contribution is 4.89. The van der Waals surface area contributed by atoms with Crippen molar-refractivity contribution in [2.45, 2.75) is 52.6 Å². The lowest BCUT2D eigenvalue weighted by Gasteiger charge is -2.42. The van der Waals surface area contributed by atoms with E-state index in [0.29, 0.717) is 24.6 Å². The van der Waals surface area contributed by atoms with E-state index in [0.717, 1.165) is 31.8 Å². The molecule has 1 N–H and O–H groups in total. The zero-order valence-corrected chi connectivity index (χ0v) is 13.2. The maximum atomic E-state index is 5.66. The Morgan fingerprint density at radius 3 is 2.79 bits per heavy atom. The third-order valence-electron chi connectivity index (χ3n) is 3.82. The summed E-state index contributed by atoms with van der Waals surface area (Å²) in [5.41, 5.74) is 1.10. The Kier molecular flexibility index (Phi) is 7.66. The molecule has 0 aliphatic carbocycles. The molecule has 1 heterocycles. The summed E-state index contributed by atoms with van der Waals surface area (Å²) < 4.78 is 5.66. The van der Waals surface area contributed by atoms with Crippen molar-refractivity contribution in [1.29, 1.82) is 0 Å². The van der Waals surface area contributed by atoms with E-state index in [1.807, 2.05) is 6.92 Å². The van der Waals surface area contributed by atoms with E-state index in [1.54, 1.807) is 0 Å². The molecule has 0 aromatic carbocycles. The van der Waals surface area contributed by atoms with Gasteiger partial charge in [0.15, 0.2) is 0 Å². The highest BCUT2D eigenvalue weighted by atomic mass is 16.5. The number of rotatable bonds is 8. The van der Waals surface area contributed by atoms with Crippen molar-refractivity contribution in [3.63, 3.8) is 0 Å². The van der Waals surface area contributed by atoms with Crippen LogP contribution in [0, 0.1) is 5.92 Å². The van der Waals surface area contributed by atoms with Gasteiger partial charge >= 0.3 is 0 Å². The van der Waals surface area contributed by atoms with Crippen LogP contribution in [0.4, 0.5) is 0 Å². The second-order valence-electron chi connectivity index (χ2n) is 6.21. The Labute approximate surface area is 119 Å². The Hall–Kier alpha value is -0.380. The Morgan fingerprint density at radius 2 is 2.21 bits per heavy atom. The second kappa shape index (κ2) is 8.72. The smallest absolute Gasteiger partial charge is 0.0672 e. The van der Waals surface area contributed by atoms with Crippen LogP contribution in [-0.2, 0) is 4.74 Å². The number of piperazine rings is 1. The average molecular weight is 268 g/mol. The average Bonchev–Trinajstić information content (AvgIpc) is 2.34. The van der Waals surface area contributed by atoms with Crippen LogP contribution in [0.25, 0.3) is 0 Å². The van der Waals surface area contributed by atoms with Crippen molar-refractivity contribution < 1.29 is 4.74 Å².